The molecule has 0 saturated heterocycles. The monoisotopic (exact) mass is 275 g/mol. The summed E-state index contributed by atoms with van der Waals surface area (Å²) in [5, 5.41) is 13.9. The van der Waals surface area contributed by atoms with E-state index in [1.807, 2.05) is 11.8 Å². The van der Waals surface area contributed by atoms with Gasteiger partial charge in [0.1, 0.15) is 0 Å². The molecule has 4 nitrogen and oxygen atoms in total. The predicted octanol–water partition coefficient (Wildman–Crippen LogP) is 1.56. The maximum Gasteiger partial charge on any atom is 0.308 e. The molecule has 1 aliphatic carbocycles. The van der Waals surface area contributed by atoms with Gasteiger partial charge in [-0.05, 0) is 38.9 Å². The molecule has 2 N–H and O–H groups in total. The number of aliphatic hydroxyl groups is 1. The zero-order valence-corrected chi connectivity index (χ0v) is 12.2. The summed E-state index contributed by atoms with van der Waals surface area (Å²) >= 11 is 1.95. The molecule has 0 aliphatic heterocycles. The number of aliphatic hydroxyl groups excluding tert-OH is 1. The van der Waals surface area contributed by atoms with Crippen molar-refractivity contribution in [1.29, 1.82) is 0 Å². The number of nitrogens with one attached hydrogen (secondary N) is 1. The molecule has 18 heavy (non-hydrogen) atoms. The maximum absolute atomic E-state index is 11.2. The predicted molar refractivity (Wildman–Crippen MR) is 74.8 cm³/mol. The fraction of sp³-hybridized carbons (Fsp3) is 0.923. The van der Waals surface area contributed by atoms with E-state index in [1.165, 1.54) is 12.8 Å². The van der Waals surface area contributed by atoms with Crippen molar-refractivity contribution in [3.8, 4) is 0 Å². The minimum atomic E-state index is -0.637. The molecule has 0 aromatic rings. The lowest BCUT2D eigenvalue weighted by atomic mass is 9.95. The Labute approximate surface area is 114 Å². The Morgan fingerprint density at radius 2 is 2.11 bits per heavy atom. The third kappa shape index (κ3) is 6.07. The van der Waals surface area contributed by atoms with Gasteiger partial charge in [-0.2, -0.15) is 11.8 Å². The average Bonchev–Trinajstić information content (AvgIpc) is 2.37. The van der Waals surface area contributed by atoms with E-state index in [9.17, 15) is 9.90 Å². The molecule has 1 aliphatic rings. The van der Waals surface area contributed by atoms with Crippen LogP contribution >= 0.6 is 11.8 Å². The fourth-order valence-corrected chi connectivity index (χ4v) is 3.03. The van der Waals surface area contributed by atoms with Gasteiger partial charge in [0, 0.05) is 17.8 Å². The van der Waals surface area contributed by atoms with Crippen LogP contribution < -0.4 is 5.32 Å². The van der Waals surface area contributed by atoms with Crippen molar-refractivity contribution in [1.82, 2.24) is 5.32 Å². The van der Waals surface area contributed by atoms with E-state index >= 15 is 0 Å². The van der Waals surface area contributed by atoms with Gasteiger partial charge < -0.3 is 15.2 Å². The van der Waals surface area contributed by atoms with E-state index in [2.05, 4.69) is 11.6 Å². The lowest BCUT2D eigenvalue weighted by Gasteiger charge is -2.28. The highest BCUT2D eigenvalue weighted by molar-refractivity contribution is 7.99. The van der Waals surface area contributed by atoms with E-state index in [-0.39, 0.29) is 12.4 Å². The molecule has 0 bridgehead atoms. The smallest absolute Gasteiger partial charge is 0.308 e. The highest BCUT2D eigenvalue weighted by Gasteiger charge is 2.21. The molecule has 0 heterocycles. The minimum absolute atomic E-state index is 0.0843. The Bertz CT molecular complexity index is 242. The summed E-state index contributed by atoms with van der Waals surface area (Å²) in [4.78, 5) is 11.2. The van der Waals surface area contributed by atoms with Gasteiger partial charge in [-0.1, -0.05) is 0 Å². The lowest BCUT2D eigenvalue weighted by molar-refractivity contribution is -0.145. The number of rotatable bonds is 7. The summed E-state index contributed by atoms with van der Waals surface area (Å²) in [6, 6.07) is 0.491. The SMILES string of the molecule is CCOC(=O)CC(O)CNC1CCC(SC)CC1. The van der Waals surface area contributed by atoms with E-state index in [0.717, 1.165) is 18.1 Å². The first-order chi connectivity index (χ1) is 8.65. The molecule has 106 valence electrons. The van der Waals surface area contributed by atoms with Crippen LogP contribution in [-0.4, -0.2) is 47.9 Å². The number of carbonyl (C=O) groups excluding carboxylic acids is 1. The Hall–Kier alpha value is -0.260. The number of thioether (sulfide) groups is 1. The van der Waals surface area contributed by atoms with Crippen LogP contribution in [0.5, 0.6) is 0 Å². The Kier molecular flexibility index (Phi) is 7.70. The zero-order valence-electron chi connectivity index (χ0n) is 11.4. The number of hydrogen-bond acceptors (Lipinski definition) is 5. The van der Waals surface area contributed by atoms with Gasteiger partial charge in [0.05, 0.1) is 19.1 Å². The number of hydrogen-bond donors (Lipinski definition) is 2. The van der Waals surface area contributed by atoms with Crippen LogP contribution in [0.25, 0.3) is 0 Å². The third-order valence-corrected chi connectivity index (χ3v) is 4.50. The van der Waals surface area contributed by atoms with Crippen LogP contribution in [0.2, 0.25) is 0 Å². The summed E-state index contributed by atoms with van der Waals surface area (Å²) in [7, 11) is 0. The summed E-state index contributed by atoms with van der Waals surface area (Å²) in [6.45, 7) is 2.62. The molecule has 1 fully saturated rings. The first kappa shape index (κ1) is 15.8. The number of esters is 1. The average molecular weight is 275 g/mol. The van der Waals surface area contributed by atoms with Crippen LogP contribution in [0, 0.1) is 0 Å². The van der Waals surface area contributed by atoms with Crippen molar-refractivity contribution in [3.63, 3.8) is 0 Å². The Balaban J connectivity index is 2.11. The molecule has 1 unspecified atom stereocenters. The second-order valence-corrected chi connectivity index (χ2v) is 5.92. The molecular formula is C13H25NO3S. The van der Waals surface area contributed by atoms with Gasteiger partial charge in [-0.3, -0.25) is 4.79 Å². The van der Waals surface area contributed by atoms with Crippen molar-refractivity contribution in [2.45, 2.75) is 56.4 Å². The Morgan fingerprint density at radius 1 is 1.44 bits per heavy atom. The van der Waals surface area contributed by atoms with Gasteiger partial charge in [0.2, 0.25) is 0 Å². The second-order valence-electron chi connectivity index (χ2n) is 4.78. The minimum Gasteiger partial charge on any atom is -0.466 e. The van der Waals surface area contributed by atoms with E-state index in [4.69, 9.17) is 4.74 Å². The summed E-state index contributed by atoms with van der Waals surface area (Å²) in [6.07, 6.45) is 6.43. The molecule has 1 saturated carbocycles. The van der Waals surface area contributed by atoms with Crippen molar-refractivity contribution >= 4 is 17.7 Å². The molecular weight excluding hydrogens is 250 g/mol. The van der Waals surface area contributed by atoms with E-state index in [0.29, 0.717) is 19.2 Å². The van der Waals surface area contributed by atoms with Crippen molar-refractivity contribution < 1.29 is 14.6 Å². The van der Waals surface area contributed by atoms with Gasteiger partial charge in [-0.15, -0.1) is 0 Å². The lowest BCUT2D eigenvalue weighted by Crippen LogP contribution is -2.39. The van der Waals surface area contributed by atoms with Crippen LogP contribution in [0.1, 0.15) is 39.0 Å². The molecule has 1 atom stereocenters. The summed E-state index contributed by atoms with van der Waals surface area (Å²) < 4.78 is 4.80. The molecule has 1 rings (SSSR count). The third-order valence-electron chi connectivity index (χ3n) is 3.36. The molecule has 0 aromatic carbocycles. The van der Waals surface area contributed by atoms with E-state index < -0.39 is 6.10 Å². The molecule has 5 heteroatoms. The first-order valence-electron chi connectivity index (χ1n) is 6.75. The molecule has 0 radical (unpaired) electrons. The largest absolute Gasteiger partial charge is 0.466 e. The molecule has 0 spiro atoms. The van der Waals surface area contributed by atoms with Crippen molar-refractivity contribution in [3.05, 3.63) is 0 Å². The maximum atomic E-state index is 11.2. The highest BCUT2D eigenvalue weighted by atomic mass is 32.2. The number of ether oxygens (including phenoxy) is 1. The van der Waals surface area contributed by atoms with Gasteiger partial charge in [0.25, 0.3) is 0 Å². The van der Waals surface area contributed by atoms with Gasteiger partial charge >= 0.3 is 5.97 Å². The normalized spacial score (nSPS) is 25.7. The van der Waals surface area contributed by atoms with Crippen LogP contribution in [0.15, 0.2) is 0 Å². The molecule has 0 aromatic heterocycles. The quantitative estimate of drug-likeness (QED) is 0.691. The summed E-state index contributed by atoms with van der Waals surface area (Å²) in [5.74, 6) is -0.321. The van der Waals surface area contributed by atoms with Gasteiger partial charge in [-0.25, -0.2) is 0 Å². The van der Waals surface area contributed by atoms with Crippen LogP contribution in [0.4, 0.5) is 0 Å². The first-order valence-corrected chi connectivity index (χ1v) is 8.04. The van der Waals surface area contributed by atoms with Crippen LogP contribution in [-0.2, 0) is 9.53 Å². The van der Waals surface area contributed by atoms with Crippen LogP contribution in [0.3, 0.4) is 0 Å². The topological polar surface area (TPSA) is 58.6 Å². The van der Waals surface area contributed by atoms with E-state index in [1.54, 1.807) is 6.92 Å². The zero-order chi connectivity index (χ0) is 13.4. The fourth-order valence-electron chi connectivity index (χ4n) is 2.29. The summed E-state index contributed by atoms with van der Waals surface area (Å²) in [5.41, 5.74) is 0. The van der Waals surface area contributed by atoms with Gasteiger partial charge in [0.15, 0.2) is 0 Å². The molecule has 0 amide bonds. The Morgan fingerprint density at radius 3 is 2.67 bits per heavy atom. The van der Waals surface area contributed by atoms with Crippen molar-refractivity contribution in [2.75, 3.05) is 19.4 Å². The van der Waals surface area contributed by atoms with Crippen molar-refractivity contribution in [2.24, 2.45) is 0 Å². The number of carbonyl (C=O) groups is 1. The highest BCUT2D eigenvalue weighted by Crippen LogP contribution is 2.26. The standard InChI is InChI=1S/C13H25NO3S/c1-3-17-13(16)8-11(15)9-14-10-4-6-12(18-2)7-5-10/h10-12,14-15H,3-9H2,1-2H3. The second kappa shape index (κ2) is 8.77.